The van der Waals surface area contributed by atoms with Gasteiger partial charge in [-0.05, 0) is 115 Å². The van der Waals surface area contributed by atoms with Crippen LogP contribution in [0.1, 0.15) is 78.4 Å². The number of allylic oxidation sites excluding steroid dienone is 3. The molecule has 2 aliphatic heterocycles. The van der Waals surface area contributed by atoms with Gasteiger partial charge in [0, 0.05) is 41.8 Å². The van der Waals surface area contributed by atoms with Gasteiger partial charge in [0.05, 0.1) is 22.8 Å². The molecule has 4 aromatic rings. The summed E-state index contributed by atoms with van der Waals surface area (Å²) >= 11 is 0. The zero-order valence-corrected chi connectivity index (χ0v) is 28.0. The van der Waals surface area contributed by atoms with Crippen LogP contribution in [0.2, 0.25) is 0 Å². The van der Waals surface area contributed by atoms with Crippen LogP contribution in [0.25, 0.3) is 44.9 Å². The van der Waals surface area contributed by atoms with Crippen LogP contribution in [0.3, 0.4) is 0 Å². The van der Waals surface area contributed by atoms with Crippen molar-refractivity contribution in [1.82, 2.24) is 29.5 Å². The van der Waals surface area contributed by atoms with Crippen molar-refractivity contribution in [2.24, 2.45) is 0 Å². The minimum Gasteiger partial charge on any atom is -0.481 e. The van der Waals surface area contributed by atoms with E-state index in [1.807, 2.05) is 58.0 Å². The van der Waals surface area contributed by atoms with E-state index in [-0.39, 0.29) is 31.8 Å². The van der Waals surface area contributed by atoms with E-state index in [0.29, 0.717) is 24.4 Å². The zero-order valence-electron chi connectivity index (χ0n) is 28.0. The molecule has 6 heterocycles. The van der Waals surface area contributed by atoms with E-state index in [1.165, 1.54) is 10.8 Å². The van der Waals surface area contributed by atoms with Crippen LogP contribution in [0.4, 0.5) is 5.82 Å². The van der Waals surface area contributed by atoms with Crippen molar-refractivity contribution in [2.75, 3.05) is 6.61 Å². The highest BCUT2D eigenvalue weighted by atomic mass is 16.6. The van der Waals surface area contributed by atoms with Crippen molar-refractivity contribution in [3.05, 3.63) is 91.9 Å². The minimum absolute atomic E-state index is 0.0347. The average Bonchev–Trinajstić information content (AvgIpc) is 3.81. The number of ether oxygens (including phenoxy) is 1. The van der Waals surface area contributed by atoms with E-state index >= 15 is 0 Å². The number of nitrogens with one attached hydrogen (secondary N) is 2. The van der Waals surface area contributed by atoms with Crippen LogP contribution in [0.5, 0.6) is 0 Å². The number of imidazole rings is 1. The van der Waals surface area contributed by atoms with Gasteiger partial charge in [0.2, 0.25) is 0 Å². The lowest BCUT2D eigenvalue weighted by Crippen LogP contribution is -2.13. The number of carbonyl (C=O) groups is 2. The molecular weight excluding hydrogens is 626 g/mol. The third-order valence-corrected chi connectivity index (χ3v) is 9.05. The van der Waals surface area contributed by atoms with Gasteiger partial charge >= 0.3 is 17.8 Å². The molecule has 0 saturated carbocycles. The van der Waals surface area contributed by atoms with Gasteiger partial charge in [-0.2, -0.15) is 0 Å². The fourth-order valence-corrected chi connectivity index (χ4v) is 6.30. The summed E-state index contributed by atoms with van der Waals surface area (Å²) in [4.78, 5) is 56.1. The van der Waals surface area contributed by atoms with Gasteiger partial charge in [-0.3, -0.25) is 9.59 Å². The first kappa shape index (κ1) is 33.1. The Morgan fingerprint density at radius 2 is 1.69 bits per heavy atom. The molecule has 0 amide bonds. The maximum atomic E-state index is 12.9. The van der Waals surface area contributed by atoms with Crippen molar-refractivity contribution in [3.63, 3.8) is 0 Å². The summed E-state index contributed by atoms with van der Waals surface area (Å²) in [6.45, 7) is 9.72. The molecule has 0 radical (unpaired) electrons. The second-order valence-electron chi connectivity index (χ2n) is 12.4. The number of carbonyl (C=O) groups excluding carboxylic acids is 1. The number of aromatic amines is 2. The maximum absolute atomic E-state index is 12.9. The fraction of sp³-hybridized carbons (Fsp3) is 0.306. The summed E-state index contributed by atoms with van der Waals surface area (Å²) in [6, 6.07) is 9.96. The standard InChI is InChI=1S/C36H37N7O6/c1-19-12-25-15-30-21(3)27(7-9-36(46)49-11-10-42-23(5)37-18-34(42)43(47)48)33(40-30)17-32-26(6-8-35(44)45)22(4)31(41-32)16-29-20(2)13-24(39-29)14-28(19)38-25/h12-18,38,41H,6-11H2,1-5H3,(H,44,45). The first-order valence-corrected chi connectivity index (χ1v) is 16.0. The van der Waals surface area contributed by atoms with Gasteiger partial charge in [-0.25, -0.2) is 19.5 Å². The van der Waals surface area contributed by atoms with Crippen LogP contribution >= 0.6 is 0 Å². The number of carboxylic acid groups (broad SMARTS) is 1. The number of esters is 1. The van der Waals surface area contributed by atoms with Gasteiger partial charge in [-0.1, -0.05) is 0 Å². The minimum atomic E-state index is -0.888. The summed E-state index contributed by atoms with van der Waals surface area (Å²) in [7, 11) is 0. The molecule has 13 nitrogen and oxygen atoms in total. The number of aliphatic carboxylic acids is 1. The largest absolute Gasteiger partial charge is 0.481 e. The smallest absolute Gasteiger partial charge is 0.342 e. The van der Waals surface area contributed by atoms with Crippen molar-refractivity contribution in [2.45, 2.75) is 66.8 Å². The van der Waals surface area contributed by atoms with Crippen LogP contribution in [-0.4, -0.2) is 58.1 Å². The number of hydrogen-bond acceptors (Lipinski definition) is 8. The zero-order chi connectivity index (χ0) is 35.0. The molecule has 0 atom stereocenters. The fourth-order valence-electron chi connectivity index (χ4n) is 6.30. The summed E-state index contributed by atoms with van der Waals surface area (Å²) in [6.07, 6.45) is 3.92. The molecule has 49 heavy (non-hydrogen) atoms. The Balaban J connectivity index is 1.39. The lowest BCUT2D eigenvalue weighted by Gasteiger charge is -2.07. The SMILES string of the molecule is CC1=Cc2cc3[nH]c(cc4nc(cc5[nH]c(cc1n2)c(C)c5CCC(=O)O)C(CCC(=O)OCCn1c([N+](=O)[O-])cnc1C)=C4C)cc3C. The number of H-pyrrole nitrogens is 2. The van der Waals surface area contributed by atoms with E-state index < -0.39 is 16.9 Å². The van der Waals surface area contributed by atoms with Crippen LogP contribution < -0.4 is 0 Å². The molecule has 8 bridgehead atoms. The van der Waals surface area contributed by atoms with E-state index in [9.17, 15) is 24.8 Å². The van der Waals surface area contributed by atoms with E-state index in [1.54, 1.807) is 6.92 Å². The molecule has 4 aromatic heterocycles. The lowest BCUT2D eigenvalue weighted by molar-refractivity contribution is -0.392. The quantitative estimate of drug-likeness (QED) is 0.0925. The number of hydrogen-bond donors (Lipinski definition) is 3. The molecular formula is C36H37N7O6. The third-order valence-electron chi connectivity index (χ3n) is 9.05. The lowest BCUT2D eigenvalue weighted by atomic mass is 10.0. The summed E-state index contributed by atoms with van der Waals surface area (Å²) in [5, 5.41) is 20.8. The average molecular weight is 664 g/mol. The topological polar surface area (TPSA) is 182 Å². The molecule has 0 aromatic carbocycles. The molecule has 0 spiro atoms. The number of nitro groups is 1. The number of fused-ring (bicyclic) bond motifs is 8. The monoisotopic (exact) mass is 663 g/mol. The Kier molecular flexibility index (Phi) is 9.00. The summed E-state index contributed by atoms with van der Waals surface area (Å²) in [5.74, 6) is -1.03. The van der Waals surface area contributed by atoms with Crippen LogP contribution in [0.15, 0.2) is 36.5 Å². The predicted molar refractivity (Wildman–Crippen MR) is 186 cm³/mol. The van der Waals surface area contributed by atoms with Crippen molar-refractivity contribution in [1.29, 1.82) is 0 Å². The third kappa shape index (κ3) is 6.91. The molecule has 3 N–H and O–H groups in total. The number of aryl methyl sites for hydroxylation is 4. The van der Waals surface area contributed by atoms with E-state index in [0.717, 1.165) is 72.6 Å². The molecule has 2 aliphatic rings. The van der Waals surface area contributed by atoms with Gasteiger partial charge in [-0.15, -0.1) is 0 Å². The Hall–Kier alpha value is -5.85. The number of rotatable bonds is 10. The summed E-state index contributed by atoms with van der Waals surface area (Å²) < 4.78 is 6.88. The normalized spacial score (nSPS) is 12.7. The van der Waals surface area contributed by atoms with Gasteiger partial charge in [0.15, 0.2) is 5.82 Å². The molecule has 252 valence electrons. The molecule has 0 aliphatic carbocycles. The van der Waals surface area contributed by atoms with Gasteiger partial charge < -0.3 is 29.9 Å². The van der Waals surface area contributed by atoms with Crippen molar-refractivity contribution >= 4 is 62.6 Å². The molecule has 0 unspecified atom stereocenters. The molecule has 13 heteroatoms. The van der Waals surface area contributed by atoms with E-state index in [4.69, 9.17) is 14.7 Å². The van der Waals surface area contributed by atoms with E-state index in [2.05, 4.69) is 21.0 Å². The Bertz CT molecular complexity index is 2250. The second-order valence-corrected chi connectivity index (χ2v) is 12.4. The van der Waals surface area contributed by atoms with Crippen LogP contribution in [-0.2, 0) is 27.3 Å². The maximum Gasteiger partial charge on any atom is 0.342 e. The molecule has 0 saturated heterocycles. The number of nitrogens with zero attached hydrogens (tertiary/aromatic N) is 5. The Labute approximate surface area is 281 Å². The van der Waals surface area contributed by atoms with Gasteiger partial charge in [0.1, 0.15) is 19.3 Å². The highest BCUT2D eigenvalue weighted by molar-refractivity contribution is 5.94. The summed E-state index contributed by atoms with van der Waals surface area (Å²) in [5.41, 5.74) is 12.1. The van der Waals surface area contributed by atoms with Crippen LogP contribution in [0, 0.1) is 30.9 Å². The van der Waals surface area contributed by atoms with Crippen molar-refractivity contribution in [3.8, 4) is 0 Å². The highest BCUT2D eigenvalue weighted by Gasteiger charge is 2.21. The Morgan fingerprint density at radius 1 is 0.918 bits per heavy atom. The molecule has 6 rings (SSSR count). The molecule has 0 fully saturated rings. The Morgan fingerprint density at radius 3 is 2.45 bits per heavy atom. The van der Waals surface area contributed by atoms with Crippen molar-refractivity contribution < 1.29 is 24.4 Å². The predicted octanol–water partition coefficient (Wildman–Crippen LogP) is 6.88. The highest BCUT2D eigenvalue weighted by Crippen LogP contribution is 2.35. The first-order chi connectivity index (χ1) is 23.4. The number of aromatic nitrogens is 6. The first-order valence-electron chi connectivity index (χ1n) is 16.0. The van der Waals surface area contributed by atoms with Gasteiger partial charge in [0.25, 0.3) is 0 Å². The second kappa shape index (κ2) is 13.3. The number of carboxylic acids is 1.